The first kappa shape index (κ1) is 21.5. The second kappa shape index (κ2) is 9.51. The molecule has 0 saturated heterocycles. The van der Waals surface area contributed by atoms with E-state index in [1.807, 2.05) is 0 Å². The van der Waals surface area contributed by atoms with Crippen molar-refractivity contribution in [1.29, 1.82) is 0 Å². The van der Waals surface area contributed by atoms with Crippen LogP contribution >= 0.6 is 0 Å². The van der Waals surface area contributed by atoms with Crippen molar-refractivity contribution in [3.8, 4) is 11.3 Å². The quantitative estimate of drug-likeness (QED) is 0.531. The third-order valence-corrected chi connectivity index (χ3v) is 5.34. The summed E-state index contributed by atoms with van der Waals surface area (Å²) in [5.74, 6) is 0. The third-order valence-electron chi connectivity index (χ3n) is 5.34. The van der Waals surface area contributed by atoms with Gasteiger partial charge in [0.05, 0.1) is 11.2 Å². The van der Waals surface area contributed by atoms with Gasteiger partial charge in [0, 0.05) is 24.0 Å². The minimum atomic E-state index is 0.142. The molecule has 0 aliphatic heterocycles. The molecule has 0 amide bonds. The van der Waals surface area contributed by atoms with Crippen LogP contribution in [0.15, 0.2) is 54.6 Å². The Hall–Kier alpha value is -2.23. The zero-order valence-corrected chi connectivity index (χ0v) is 18.6. The lowest BCUT2D eigenvalue weighted by Gasteiger charge is -2.20. The van der Waals surface area contributed by atoms with Crippen molar-refractivity contribution in [1.82, 2.24) is 15.2 Å². The second-order valence-electron chi connectivity index (χ2n) is 9.18. The van der Waals surface area contributed by atoms with Crippen molar-refractivity contribution in [3.63, 3.8) is 0 Å². The van der Waals surface area contributed by atoms with E-state index in [9.17, 15) is 0 Å². The topological polar surface area (TPSA) is 28.2 Å². The Morgan fingerprint density at radius 2 is 1.69 bits per heavy atom. The summed E-state index contributed by atoms with van der Waals surface area (Å²) in [7, 11) is 4.22. The first-order chi connectivity index (χ1) is 13.8. The molecular weight excluding hydrogens is 354 g/mol. The SMILES string of the molecule is CN(C)CCNCCCc1cc2cc(C(C)(C)C)ccc2nc1-c1ccccc1. The highest BCUT2D eigenvalue weighted by Crippen LogP contribution is 2.30. The van der Waals surface area contributed by atoms with Gasteiger partial charge >= 0.3 is 0 Å². The highest BCUT2D eigenvalue weighted by atomic mass is 15.1. The molecule has 0 saturated carbocycles. The number of hydrogen-bond donors (Lipinski definition) is 1. The van der Waals surface area contributed by atoms with Crippen LogP contribution in [-0.2, 0) is 11.8 Å². The van der Waals surface area contributed by atoms with Crippen molar-refractivity contribution in [3.05, 3.63) is 65.7 Å². The first-order valence-corrected chi connectivity index (χ1v) is 10.7. The monoisotopic (exact) mass is 389 g/mol. The van der Waals surface area contributed by atoms with Crippen LogP contribution in [0.1, 0.15) is 38.3 Å². The summed E-state index contributed by atoms with van der Waals surface area (Å²) in [5, 5.41) is 4.79. The number of nitrogens with one attached hydrogen (secondary N) is 1. The molecule has 154 valence electrons. The number of aryl methyl sites for hydroxylation is 1. The minimum Gasteiger partial charge on any atom is -0.315 e. The lowest BCUT2D eigenvalue weighted by Crippen LogP contribution is -2.27. The molecule has 29 heavy (non-hydrogen) atoms. The van der Waals surface area contributed by atoms with Crippen LogP contribution in [0.25, 0.3) is 22.2 Å². The van der Waals surface area contributed by atoms with E-state index in [1.165, 1.54) is 22.1 Å². The predicted octanol–water partition coefficient (Wildman–Crippen LogP) is 5.28. The standard InChI is InChI=1S/C26H35N3/c1-26(2,3)23-13-14-24-22(19-23)18-21(12-9-15-27-16-17-29(4)5)25(28-24)20-10-7-6-8-11-20/h6-8,10-11,13-14,18-19,27H,9,12,15-17H2,1-5H3. The molecule has 1 N–H and O–H groups in total. The predicted molar refractivity (Wildman–Crippen MR) is 126 cm³/mol. The molecule has 3 heteroatoms. The molecule has 0 atom stereocenters. The maximum Gasteiger partial charge on any atom is 0.0741 e. The average Bonchev–Trinajstić information content (AvgIpc) is 2.69. The highest BCUT2D eigenvalue weighted by molar-refractivity contribution is 5.84. The van der Waals surface area contributed by atoms with Crippen LogP contribution in [0.4, 0.5) is 0 Å². The van der Waals surface area contributed by atoms with Gasteiger partial charge in [-0.3, -0.25) is 0 Å². The summed E-state index contributed by atoms with van der Waals surface area (Å²) in [4.78, 5) is 7.29. The van der Waals surface area contributed by atoms with E-state index in [1.54, 1.807) is 0 Å². The Morgan fingerprint density at radius 1 is 0.931 bits per heavy atom. The van der Waals surface area contributed by atoms with Crippen LogP contribution in [0.5, 0.6) is 0 Å². The zero-order chi connectivity index (χ0) is 20.9. The highest BCUT2D eigenvalue weighted by Gasteiger charge is 2.15. The summed E-state index contributed by atoms with van der Waals surface area (Å²) in [5.41, 5.74) is 6.23. The lowest BCUT2D eigenvalue weighted by molar-refractivity contribution is 0.400. The van der Waals surface area contributed by atoms with Gasteiger partial charge < -0.3 is 10.2 Å². The molecule has 3 aromatic rings. The Morgan fingerprint density at radius 3 is 2.38 bits per heavy atom. The van der Waals surface area contributed by atoms with Crippen molar-refractivity contribution < 1.29 is 0 Å². The number of hydrogen-bond acceptors (Lipinski definition) is 3. The van der Waals surface area contributed by atoms with E-state index in [2.05, 4.69) is 99.7 Å². The number of pyridine rings is 1. The molecule has 0 fully saturated rings. The van der Waals surface area contributed by atoms with Gasteiger partial charge in [-0.2, -0.15) is 0 Å². The fourth-order valence-electron chi connectivity index (χ4n) is 3.55. The maximum atomic E-state index is 5.08. The zero-order valence-electron chi connectivity index (χ0n) is 18.6. The Balaban J connectivity index is 1.87. The van der Waals surface area contributed by atoms with Crippen molar-refractivity contribution in [2.75, 3.05) is 33.7 Å². The normalized spacial score (nSPS) is 12.1. The molecule has 0 radical (unpaired) electrons. The fraction of sp³-hybridized carbons (Fsp3) is 0.423. The van der Waals surface area contributed by atoms with Crippen molar-refractivity contribution in [2.45, 2.75) is 39.0 Å². The molecule has 0 spiro atoms. The van der Waals surface area contributed by atoms with E-state index in [4.69, 9.17) is 4.98 Å². The fourth-order valence-corrected chi connectivity index (χ4v) is 3.55. The minimum absolute atomic E-state index is 0.142. The van der Waals surface area contributed by atoms with Crippen molar-refractivity contribution >= 4 is 10.9 Å². The van der Waals surface area contributed by atoms with Gasteiger partial charge in [0.25, 0.3) is 0 Å². The van der Waals surface area contributed by atoms with E-state index in [0.29, 0.717) is 0 Å². The van der Waals surface area contributed by atoms with Gasteiger partial charge in [-0.1, -0.05) is 57.2 Å². The molecule has 0 aliphatic rings. The molecule has 0 bridgehead atoms. The average molecular weight is 390 g/mol. The summed E-state index contributed by atoms with van der Waals surface area (Å²) in [6, 6.07) is 19.7. The molecule has 3 nitrogen and oxygen atoms in total. The molecule has 1 aromatic heterocycles. The van der Waals surface area contributed by atoms with Crippen LogP contribution in [-0.4, -0.2) is 43.6 Å². The number of aromatic nitrogens is 1. The molecule has 2 aromatic carbocycles. The maximum absolute atomic E-state index is 5.08. The Kier molecular flexibility index (Phi) is 7.05. The number of nitrogens with zero attached hydrogens (tertiary/aromatic N) is 2. The molecule has 0 aliphatic carbocycles. The molecule has 1 heterocycles. The summed E-state index contributed by atoms with van der Waals surface area (Å²) in [6.07, 6.45) is 2.14. The number of rotatable bonds is 8. The van der Waals surface area contributed by atoms with Crippen LogP contribution in [0.3, 0.4) is 0 Å². The summed E-state index contributed by atoms with van der Waals surface area (Å²) < 4.78 is 0. The largest absolute Gasteiger partial charge is 0.315 e. The number of benzene rings is 2. The molecule has 3 rings (SSSR count). The van der Waals surface area contributed by atoms with Gasteiger partial charge in [0.15, 0.2) is 0 Å². The summed E-state index contributed by atoms with van der Waals surface area (Å²) in [6.45, 7) is 9.93. The Bertz CT molecular complexity index is 924. The molecule has 0 unspecified atom stereocenters. The van der Waals surface area contributed by atoms with Crippen molar-refractivity contribution in [2.24, 2.45) is 0 Å². The van der Waals surface area contributed by atoms with Crippen LogP contribution < -0.4 is 5.32 Å². The van der Waals surface area contributed by atoms with Gasteiger partial charge in [-0.15, -0.1) is 0 Å². The van der Waals surface area contributed by atoms with E-state index in [0.717, 1.165) is 43.7 Å². The van der Waals surface area contributed by atoms with Gasteiger partial charge in [0.2, 0.25) is 0 Å². The van der Waals surface area contributed by atoms with Crippen LogP contribution in [0.2, 0.25) is 0 Å². The molecular formula is C26H35N3. The number of fused-ring (bicyclic) bond motifs is 1. The smallest absolute Gasteiger partial charge is 0.0741 e. The third kappa shape index (κ3) is 5.88. The van der Waals surface area contributed by atoms with Gasteiger partial charge in [-0.05, 0) is 68.2 Å². The van der Waals surface area contributed by atoms with E-state index >= 15 is 0 Å². The van der Waals surface area contributed by atoms with E-state index < -0.39 is 0 Å². The lowest BCUT2D eigenvalue weighted by atomic mass is 9.86. The second-order valence-corrected chi connectivity index (χ2v) is 9.18. The number of likely N-dealkylation sites (N-methyl/N-ethyl adjacent to an activating group) is 1. The van der Waals surface area contributed by atoms with Crippen LogP contribution in [0, 0.1) is 0 Å². The first-order valence-electron chi connectivity index (χ1n) is 10.7. The van der Waals surface area contributed by atoms with Gasteiger partial charge in [-0.25, -0.2) is 4.98 Å². The summed E-state index contributed by atoms with van der Waals surface area (Å²) >= 11 is 0. The Labute approximate surface area is 176 Å². The van der Waals surface area contributed by atoms with Gasteiger partial charge in [0.1, 0.15) is 0 Å². The van der Waals surface area contributed by atoms with E-state index in [-0.39, 0.29) is 5.41 Å².